The highest BCUT2D eigenvalue weighted by molar-refractivity contribution is 5.83. The highest BCUT2D eigenvalue weighted by atomic mass is 16.5. The SMILES string of the molecule is Cc1c(Cc2ccccc2)c(=O)oc2cc(OCC(=O)NCC3CCCN4CCCCC34)ccc12. The van der Waals surface area contributed by atoms with E-state index >= 15 is 0 Å². The van der Waals surface area contributed by atoms with Crippen LogP contribution in [0.5, 0.6) is 5.75 Å². The van der Waals surface area contributed by atoms with E-state index in [4.69, 9.17) is 9.15 Å². The Morgan fingerprint density at radius 3 is 2.77 bits per heavy atom. The third-order valence-corrected chi connectivity index (χ3v) is 7.64. The van der Waals surface area contributed by atoms with E-state index in [0.29, 0.717) is 41.8 Å². The van der Waals surface area contributed by atoms with Gasteiger partial charge >= 0.3 is 5.63 Å². The number of hydrogen-bond donors (Lipinski definition) is 1. The summed E-state index contributed by atoms with van der Waals surface area (Å²) in [6.07, 6.45) is 6.75. The Kier molecular flexibility index (Phi) is 7.19. The lowest BCUT2D eigenvalue weighted by atomic mass is 9.83. The van der Waals surface area contributed by atoms with Gasteiger partial charge in [-0.15, -0.1) is 0 Å². The Morgan fingerprint density at radius 1 is 1.09 bits per heavy atom. The van der Waals surface area contributed by atoms with Crippen molar-refractivity contribution in [2.75, 3.05) is 26.2 Å². The first kappa shape index (κ1) is 23.6. The third kappa shape index (κ3) is 5.43. The monoisotopic (exact) mass is 474 g/mol. The van der Waals surface area contributed by atoms with E-state index in [1.807, 2.05) is 49.4 Å². The number of aryl methyl sites for hydroxylation is 1. The predicted molar refractivity (Wildman–Crippen MR) is 137 cm³/mol. The molecule has 2 aromatic carbocycles. The zero-order valence-electron chi connectivity index (χ0n) is 20.4. The van der Waals surface area contributed by atoms with Gasteiger partial charge in [-0.1, -0.05) is 36.8 Å². The lowest BCUT2D eigenvalue weighted by Crippen LogP contribution is -2.51. The topological polar surface area (TPSA) is 71.8 Å². The predicted octanol–water partition coefficient (Wildman–Crippen LogP) is 4.45. The molecule has 0 radical (unpaired) electrons. The Bertz CT molecular complexity index is 1230. The van der Waals surface area contributed by atoms with Crippen LogP contribution < -0.4 is 15.7 Å². The van der Waals surface area contributed by atoms with Crippen molar-refractivity contribution >= 4 is 16.9 Å². The molecule has 3 heterocycles. The zero-order chi connectivity index (χ0) is 24.2. The molecule has 2 fully saturated rings. The van der Waals surface area contributed by atoms with Crippen molar-refractivity contribution in [3.63, 3.8) is 0 Å². The van der Waals surface area contributed by atoms with Crippen molar-refractivity contribution < 1.29 is 13.9 Å². The van der Waals surface area contributed by atoms with Crippen LogP contribution in [0, 0.1) is 12.8 Å². The summed E-state index contributed by atoms with van der Waals surface area (Å²) in [7, 11) is 0. The van der Waals surface area contributed by atoms with Crippen molar-refractivity contribution in [3.05, 3.63) is 75.6 Å². The highest BCUT2D eigenvalue weighted by Crippen LogP contribution is 2.30. The average Bonchev–Trinajstić information content (AvgIpc) is 2.89. The molecular weight excluding hydrogens is 440 g/mol. The number of fused-ring (bicyclic) bond motifs is 2. The minimum absolute atomic E-state index is 0.0537. The molecule has 2 atom stereocenters. The fraction of sp³-hybridized carbons (Fsp3) is 0.448. The van der Waals surface area contributed by atoms with Crippen molar-refractivity contribution in [3.8, 4) is 5.75 Å². The summed E-state index contributed by atoms with van der Waals surface area (Å²) in [5, 5.41) is 3.95. The summed E-state index contributed by atoms with van der Waals surface area (Å²) in [5.41, 5.74) is 2.78. The molecule has 0 saturated carbocycles. The van der Waals surface area contributed by atoms with Crippen LogP contribution in [-0.2, 0) is 11.2 Å². The van der Waals surface area contributed by atoms with Crippen LogP contribution in [0.4, 0.5) is 0 Å². The maximum atomic E-state index is 12.7. The number of benzene rings is 2. The molecule has 2 unspecified atom stereocenters. The summed E-state index contributed by atoms with van der Waals surface area (Å²) in [5.74, 6) is 0.923. The molecule has 0 aliphatic carbocycles. The van der Waals surface area contributed by atoms with Crippen molar-refractivity contribution in [1.29, 1.82) is 0 Å². The number of amides is 1. The van der Waals surface area contributed by atoms with E-state index in [1.165, 1.54) is 45.2 Å². The van der Waals surface area contributed by atoms with Gasteiger partial charge in [0, 0.05) is 36.0 Å². The van der Waals surface area contributed by atoms with Gasteiger partial charge in [0.15, 0.2) is 6.61 Å². The van der Waals surface area contributed by atoms with Crippen LogP contribution >= 0.6 is 0 Å². The maximum Gasteiger partial charge on any atom is 0.340 e. The van der Waals surface area contributed by atoms with Gasteiger partial charge in [-0.05, 0) is 74.9 Å². The molecule has 2 aliphatic heterocycles. The van der Waals surface area contributed by atoms with Crippen LogP contribution in [0.1, 0.15) is 48.8 Å². The second-order valence-electron chi connectivity index (χ2n) is 9.91. The number of nitrogens with zero attached hydrogens (tertiary/aromatic N) is 1. The molecule has 1 N–H and O–H groups in total. The molecule has 3 aromatic rings. The van der Waals surface area contributed by atoms with Gasteiger partial charge in [0.05, 0.1) is 0 Å². The second-order valence-corrected chi connectivity index (χ2v) is 9.91. The molecule has 1 aromatic heterocycles. The van der Waals surface area contributed by atoms with Crippen LogP contribution in [0.2, 0.25) is 0 Å². The van der Waals surface area contributed by atoms with E-state index in [9.17, 15) is 9.59 Å². The van der Waals surface area contributed by atoms with Crippen LogP contribution in [0.15, 0.2) is 57.7 Å². The first-order valence-electron chi connectivity index (χ1n) is 12.8. The van der Waals surface area contributed by atoms with E-state index in [-0.39, 0.29) is 18.1 Å². The molecule has 0 bridgehead atoms. The number of carbonyl (C=O) groups excluding carboxylic acids is 1. The standard InChI is InChI=1S/C29H34N2O4/c1-20-24-13-12-23(17-27(24)35-29(33)25(20)16-21-8-3-2-4-9-21)34-19-28(32)30-18-22-10-7-15-31-14-6-5-11-26(22)31/h2-4,8-9,12-13,17,22,26H,5-7,10-11,14-16,18-19H2,1H3,(H,30,32). The van der Waals surface area contributed by atoms with E-state index in [1.54, 1.807) is 6.07 Å². The lowest BCUT2D eigenvalue weighted by Gasteiger charge is -2.44. The molecule has 35 heavy (non-hydrogen) atoms. The summed E-state index contributed by atoms with van der Waals surface area (Å²) in [4.78, 5) is 27.8. The van der Waals surface area contributed by atoms with Gasteiger partial charge in [0.25, 0.3) is 5.91 Å². The zero-order valence-corrected chi connectivity index (χ0v) is 20.4. The molecule has 6 heteroatoms. The molecule has 6 nitrogen and oxygen atoms in total. The summed E-state index contributed by atoms with van der Waals surface area (Å²) in [6.45, 7) is 5.00. The number of carbonyl (C=O) groups is 1. The van der Waals surface area contributed by atoms with Crippen LogP contribution in [0.25, 0.3) is 11.0 Å². The van der Waals surface area contributed by atoms with Crippen molar-refractivity contribution in [2.45, 2.75) is 51.5 Å². The number of hydrogen-bond acceptors (Lipinski definition) is 5. The highest BCUT2D eigenvalue weighted by Gasteiger charge is 2.32. The molecule has 2 aliphatic rings. The Balaban J connectivity index is 1.20. The average molecular weight is 475 g/mol. The van der Waals surface area contributed by atoms with Gasteiger partial charge in [-0.3, -0.25) is 4.79 Å². The quantitative estimate of drug-likeness (QED) is 0.512. The number of ether oxygens (including phenoxy) is 1. The fourth-order valence-electron chi connectivity index (χ4n) is 5.73. The normalized spacial score (nSPS) is 20.4. The van der Waals surface area contributed by atoms with Gasteiger partial charge < -0.3 is 19.4 Å². The van der Waals surface area contributed by atoms with Crippen molar-refractivity contribution in [1.82, 2.24) is 10.2 Å². The second kappa shape index (κ2) is 10.6. The molecular formula is C29H34N2O4. The van der Waals surface area contributed by atoms with E-state index in [0.717, 1.165) is 16.5 Å². The van der Waals surface area contributed by atoms with Gasteiger partial charge in [0.1, 0.15) is 11.3 Å². The van der Waals surface area contributed by atoms with Crippen LogP contribution in [0.3, 0.4) is 0 Å². The van der Waals surface area contributed by atoms with Gasteiger partial charge in [-0.2, -0.15) is 0 Å². The Hall–Kier alpha value is -3.12. The fourth-order valence-corrected chi connectivity index (χ4v) is 5.73. The number of nitrogens with one attached hydrogen (secondary N) is 1. The van der Waals surface area contributed by atoms with Gasteiger partial charge in [0.2, 0.25) is 0 Å². The first-order valence-corrected chi connectivity index (χ1v) is 12.8. The minimum atomic E-state index is -0.335. The van der Waals surface area contributed by atoms with Gasteiger partial charge in [-0.25, -0.2) is 4.79 Å². The van der Waals surface area contributed by atoms with E-state index < -0.39 is 0 Å². The summed E-state index contributed by atoms with van der Waals surface area (Å²) in [6, 6.07) is 15.9. The maximum absolute atomic E-state index is 12.7. The minimum Gasteiger partial charge on any atom is -0.484 e. The third-order valence-electron chi connectivity index (χ3n) is 7.64. The number of piperidine rings is 2. The molecule has 184 valence electrons. The molecule has 2 saturated heterocycles. The van der Waals surface area contributed by atoms with E-state index in [2.05, 4.69) is 10.2 Å². The Morgan fingerprint density at radius 2 is 1.91 bits per heavy atom. The van der Waals surface area contributed by atoms with Crippen LogP contribution in [-0.4, -0.2) is 43.1 Å². The molecule has 0 spiro atoms. The smallest absolute Gasteiger partial charge is 0.340 e. The molecule has 1 amide bonds. The van der Waals surface area contributed by atoms with Crippen molar-refractivity contribution in [2.24, 2.45) is 5.92 Å². The Labute approximate surface area is 206 Å². The largest absolute Gasteiger partial charge is 0.484 e. The summed E-state index contributed by atoms with van der Waals surface area (Å²) >= 11 is 0. The molecule has 5 rings (SSSR count). The first-order chi connectivity index (χ1) is 17.1. The summed E-state index contributed by atoms with van der Waals surface area (Å²) < 4.78 is 11.4. The number of rotatable bonds is 7. The lowest BCUT2D eigenvalue weighted by molar-refractivity contribution is -0.123.